The van der Waals surface area contributed by atoms with Gasteiger partial charge in [-0.2, -0.15) is 0 Å². The second kappa shape index (κ2) is 8.72. The fourth-order valence-corrected chi connectivity index (χ4v) is 5.18. The molecule has 4 aromatic rings. The molecule has 0 unspecified atom stereocenters. The number of thiophene rings is 1. The molecule has 0 spiro atoms. The van der Waals surface area contributed by atoms with Crippen LogP contribution in [0.15, 0.2) is 55.0 Å². The highest BCUT2D eigenvalue weighted by molar-refractivity contribution is 7.20. The molecule has 9 heteroatoms. The van der Waals surface area contributed by atoms with Gasteiger partial charge in [-0.25, -0.2) is 15.0 Å². The van der Waals surface area contributed by atoms with E-state index in [0.717, 1.165) is 53.6 Å². The Labute approximate surface area is 194 Å². The van der Waals surface area contributed by atoms with Crippen molar-refractivity contribution < 1.29 is 4.79 Å². The van der Waals surface area contributed by atoms with Crippen LogP contribution in [-0.2, 0) is 0 Å². The molecular formula is C23H21ClN6OS. The number of nitrogens with one attached hydrogen (secondary N) is 1. The van der Waals surface area contributed by atoms with E-state index in [2.05, 4.69) is 30.1 Å². The Balaban J connectivity index is 1.39. The number of halogens is 1. The van der Waals surface area contributed by atoms with Gasteiger partial charge in [0.2, 0.25) is 0 Å². The van der Waals surface area contributed by atoms with Gasteiger partial charge in [0, 0.05) is 43.1 Å². The van der Waals surface area contributed by atoms with Crippen LogP contribution in [0.25, 0.3) is 10.2 Å². The topological polar surface area (TPSA) is 74.2 Å². The average molecular weight is 465 g/mol. The largest absolute Gasteiger partial charge is 0.353 e. The van der Waals surface area contributed by atoms with E-state index in [0.29, 0.717) is 15.6 Å². The maximum atomic E-state index is 13.0. The summed E-state index contributed by atoms with van der Waals surface area (Å²) in [4.78, 5) is 32.5. The number of amides is 1. The lowest BCUT2D eigenvalue weighted by molar-refractivity contribution is 0.103. The summed E-state index contributed by atoms with van der Waals surface area (Å²) in [5, 5.41) is 4.46. The number of rotatable bonds is 4. The zero-order chi connectivity index (χ0) is 22.1. The average Bonchev–Trinajstić information content (AvgIpc) is 3.17. The Morgan fingerprint density at radius 1 is 1.03 bits per heavy atom. The predicted molar refractivity (Wildman–Crippen MR) is 130 cm³/mol. The number of nitrogens with zero attached hydrogens (tertiary/aromatic N) is 5. The van der Waals surface area contributed by atoms with Crippen LogP contribution >= 0.6 is 22.9 Å². The van der Waals surface area contributed by atoms with Crippen LogP contribution < -0.4 is 15.1 Å². The van der Waals surface area contributed by atoms with Crippen LogP contribution in [0.3, 0.4) is 0 Å². The Hall–Kier alpha value is -3.23. The molecule has 5 rings (SSSR count). The number of anilines is 3. The standard InChI is InChI=1S/C23H21ClN6OS/c1-15-19-21(30-11-9-29(10-12-30)18-7-2-3-8-25-18)26-14-27-23(19)32-20(15)22(31)28-17-6-4-5-16(24)13-17/h2-8,13-14H,9-12H2,1H3,(H,28,31). The minimum absolute atomic E-state index is 0.168. The van der Waals surface area contributed by atoms with Crippen molar-refractivity contribution in [2.75, 3.05) is 41.3 Å². The molecule has 162 valence electrons. The minimum atomic E-state index is -0.168. The molecule has 1 aromatic carbocycles. The summed E-state index contributed by atoms with van der Waals surface area (Å²) in [6.45, 7) is 5.31. The highest BCUT2D eigenvalue weighted by atomic mass is 35.5. The molecule has 0 atom stereocenters. The van der Waals surface area contributed by atoms with Crippen LogP contribution in [-0.4, -0.2) is 47.0 Å². The number of hydrogen-bond acceptors (Lipinski definition) is 7. The van der Waals surface area contributed by atoms with Gasteiger partial charge in [0.25, 0.3) is 5.91 Å². The Kier molecular flexibility index (Phi) is 5.63. The van der Waals surface area contributed by atoms with Crippen molar-refractivity contribution in [2.24, 2.45) is 0 Å². The highest BCUT2D eigenvalue weighted by Gasteiger charge is 2.25. The summed E-state index contributed by atoms with van der Waals surface area (Å²) in [6, 6.07) is 13.1. The summed E-state index contributed by atoms with van der Waals surface area (Å²) in [6.07, 6.45) is 3.40. The highest BCUT2D eigenvalue weighted by Crippen LogP contribution is 2.35. The van der Waals surface area contributed by atoms with Gasteiger partial charge < -0.3 is 15.1 Å². The van der Waals surface area contributed by atoms with Crippen molar-refractivity contribution in [2.45, 2.75) is 6.92 Å². The number of carbonyl (C=O) groups excluding carboxylic acids is 1. The fourth-order valence-electron chi connectivity index (χ4n) is 3.95. The molecule has 0 radical (unpaired) electrons. The molecule has 1 saturated heterocycles. The van der Waals surface area contributed by atoms with E-state index in [9.17, 15) is 4.79 Å². The molecular weight excluding hydrogens is 444 g/mol. The van der Waals surface area contributed by atoms with E-state index in [1.54, 1.807) is 18.5 Å². The summed E-state index contributed by atoms with van der Waals surface area (Å²) < 4.78 is 0. The second-order valence-corrected chi connectivity index (χ2v) is 9.00. The first-order valence-electron chi connectivity index (χ1n) is 10.3. The molecule has 3 aromatic heterocycles. The number of fused-ring (bicyclic) bond motifs is 1. The first kappa shape index (κ1) is 20.7. The lowest BCUT2D eigenvalue weighted by atomic mass is 10.1. The normalized spacial score (nSPS) is 14.1. The molecule has 1 aliphatic rings. The number of pyridine rings is 1. The van der Waals surface area contributed by atoms with Gasteiger partial charge in [0.15, 0.2) is 0 Å². The van der Waals surface area contributed by atoms with E-state index in [1.165, 1.54) is 11.3 Å². The zero-order valence-corrected chi connectivity index (χ0v) is 19.0. The van der Waals surface area contributed by atoms with E-state index in [1.807, 2.05) is 43.5 Å². The molecule has 4 heterocycles. The smallest absolute Gasteiger partial charge is 0.266 e. The summed E-state index contributed by atoms with van der Waals surface area (Å²) >= 11 is 7.43. The molecule has 0 bridgehead atoms. The Morgan fingerprint density at radius 3 is 2.59 bits per heavy atom. The molecule has 1 fully saturated rings. The van der Waals surface area contributed by atoms with Gasteiger partial charge in [-0.15, -0.1) is 11.3 Å². The second-order valence-electron chi connectivity index (χ2n) is 7.56. The van der Waals surface area contributed by atoms with E-state index < -0.39 is 0 Å². The molecule has 0 saturated carbocycles. The summed E-state index contributed by atoms with van der Waals surface area (Å²) in [5.41, 5.74) is 1.56. The van der Waals surface area contributed by atoms with Gasteiger partial charge in [-0.3, -0.25) is 4.79 Å². The van der Waals surface area contributed by atoms with E-state index in [-0.39, 0.29) is 5.91 Å². The van der Waals surface area contributed by atoms with Crippen LogP contribution in [0.2, 0.25) is 5.02 Å². The van der Waals surface area contributed by atoms with Crippen molar-refractivity contribution in [3.63, 3.8) is 0 Å². The number of aromatic nitrogens is 3. The number of carbonyl (C=O) groups is 1. The molecule has 0 aliphatic carbocycles. The first-order chi connectivity index (χ1) is 15.6. The number of piperazine rings is 1. The van der Waals surface area contributed by atoms with Crippen LogP contribution in [0.1, 0.15) is 15.2 Å². The van der Waals surface area contributed by atoms with Gasteiger partial charge in [-0.05, 0) is 42.8 Å². The third kappa shape index (κ3) is 3.99. The van der Waals surface area contributed by atoms with Gasteiger partial charge in [0.1, 0.15) is 22.8 Å². The first-order valence-corrected chi connectivity index (χ1v) is 11.5. The lowest BCUT2D eigenvalue weighted by Crippen LogP contribution is -2.47. The quantitative estimate of drug-likeness (QED) is 0.474. The predicted octanol–water partition coefficient (Wildman–Crippen LogP) is 4.63. The maximum absolute atomic E-state index is 13.0. The number of benzene rings is 1. The Bertz CT molecular complexity index is 1270. The molecule has 1 aliphatic heterocycles. The summed E-state index contributed by atoms with van der Waals surface area (Å²) in [5.74, 6) is 1.71. The van der Waals surface area contributed by atoms with Crippen molar-refractivity contribution in [3.05, 3.63) is 70.5 Å². The van der Waals surface area contributed by atoms with Crippen molar-refractivity contribution in [3.8, 4) is 0 Å². The third-order valence-electron chi connectivity index (χ3n) is 5.55. The Morgan fingerprint density at radius 2 is 1.84 bits per heavy atom. The fraction of sp³-hybridized carbons (Fsp3) is 0.217. The van der Waals surface area contributed by atoms with E-state index >= 15 is 0 Å². The minimum Gasteiger partial charge on any atom is -0.353 e. The van der Waals surface area contributed by atoms with Crippen molar-refractivity contribution in [1.29, 1.82) is 0 Å². The van der Waals surface area contributed by atoms with Gasteiger partial charge in [-0.1, -0.05) is 23.7 Å². The van der Waals surface area contributed by atoms with Crippen LogP contribution in [0.5, 0.6) is 0 Å². The molecule has 1 N–H and O–H groups in total. The molecule has 32 heavy (non-hydrogen) atoms. The van der Waals surface area contributed by atoms with Gasteiger partial charge >= 0.3 is 0 Å². The van der Waals surface area contributed by atoms with Crippen LogP contribution in [0.4, 0.5) is 17.3 Å². The monoisotopic (exact) mass is 464 g/mol. The van der Waals surface area contributed by atoms with Crippen molar-refractivity contribution >= 4 is 56.4 Å². The summed E-state index contributed by atoms with van der Waals surface area (Å²) in [7, 11) is 0. The van der Waals surface area contributed by atoms with E-state index in [4.69, 9.17) is 11.6 Å². The number of hydrogen-bond donors (Lipinski definition) is 1. The third-order valence-corrected chi connectivity index (χ3v) is 6.98. The molecule has 1 amide bonds. The van der Waals surface area contributed by atoms with Gasteiger partial charge in [0.05, 0.1) is 10.3 Å². The van der Waals surface area contributed by atoms with Crippen molar-refractivity contribution in [1.82, 2.24) is 15.0 Å². The van der Waals surface area contributed by atoms with Crippen LogP contribution in [0, 0.1) is 6.92 Å². The zero-order valence-electron chi connectivity index (χ0n) is 17.5. The lowest BCUT2D eigenvalue weighted by Gasteiger charge is -2.36. The maximum Gasteiger partial charge on any atom is 0.266 e. The number of aryl methyl sites for hydroxylation is 1. The SMILES string of the molecule is Cc1c(C(=O)Nc2cccc(Cl)c2)sc2ncnc(N3CCN(c4ccccn4)CC3)c12. The molecule has 7 nitrogen and oxygen atoms in total.